The number of hydrogen-bond donors (Lipinski definition) is 1. The molecule has 1 N–H and O–H groups in total. The van der Waals surface area contributed by atoms with Crippen LogP contribution in [0.2, 0.25) is 10.0 Å². The molecule has 5 heteroatoms. The van der Waals surface area contributed by atoms with Gasteiger partial charge >= 0.3 is 0 Å². The van der Waals surface area contributed by atoms with Crippen molar-refractivity contribution >= 4 is 45.8 Å². The highest BCUT2D eigenvalue weighted by atomic mass is 127. The molecule has 1 nitrogen and oxygen atoms in total. The Hall–Kier alpha value is -0.360. The lowest BCUT2D eigenvalue weighted by Gasteiger charge is -2.21. The van der Waals surface area contributed by atoms with Crippen LogP contribution in [0, 0.1) is 9.39 Å². The van der Waals surface area contributed by atoms with Crippen LogP contribution >= 0.6 is 45.8 Å². The summed E-state index contributed by atoms with van der Waals surface area (Å²) in [4.78, 5) is 0. The Morgan fingerprint density at radius 2 is 1.90 bits per heavy atom. The number of benzene rings is 2. The molecule has 2 aromatic carbocycles. The zero-order valence-corrected chi connectivity index (χ0v) is 14.4. The Kier molecular flexibility index (Phi) is 5.66. The Bertz CT molecular complexity index is 567. The van der Waals surface area contributed by atoms with Gasteiger partial charge in [0, 0.05) is 13.6 Å². The third-order valence-corrected chi connectivity index (χ3v) is 4.51. The predicted octanol–water partition coefficient (Wildman–Crippen LogP) is 5.44. The van der Waals surface area contributed by atoms with Crippen molar-refractivity contribution in [3.63, 3.8) is 0 Å². The molecule has 0 fully saturated rings. The first-order valence-corrected chi connectivity index (χ1v) is 7.99. The van der Waals surface area contributed by atoms with Gasteiger partial charge < -0.3 is 5.32 Å². The molecule has 0 heterocycles. The third-order valence-electron chi connectivity index (χ3n) is 2.95. The van der Waals surface area contributed by atoms with E-state index in [0.717, 1.165) is 15.7 Å². The van der Waals surface area contributed by atoms with Crippen molar-refractivity contribution in [1.82, 2.24) is 5.32 Å². The van der Waals surface area contributed by atoms with Crippen molar-refractivity contribution < 1.29 is 4.39 Å². The normalized spacial score (nSPS) is 12.4. The largest absolute Gasteiger partial charge is 0.306 e. The van der Waals surface area contributed by atoms with E-state index >= 15 is 0 Å². The fraction of sp³-hybridized carbons (Fsp3) is 0.200. The van der Waals surface area contributed by atoms with Crippen molar-refractivity contribution in [3.05, 3.63) is 67.0 Å². The molecule has 0 aliphatic heterocycles. The van der Waals surface area contributed by atoms with Crippen LogP contribution < -0.4 is 5.32 Å². The molecule has 0 saturated heterocycles. The molecule has 0 bridgehead atoms. The first-order chi connectivity index (χ1) is 9.52. The van der Waals surface area contributed by atoms with Gasteiger partial charge in [0.2, 0.25) is 0 Å². The van der Waals surface area contributed by atoms with E-state index in [1.807, 2.05) is 25.1 Å². The maximum atomic E-state index is 13.5. The van der Waals surface area contributed by atoms with E-state index < -0.39 is 0 Å². The number of nitrogens with one attached hydrogen (secondary N) is 1. The first-order valence-electron chi connectivity index (χ1n) is 6.16. The van der Waals surface area contributed by atoms with Crippen LogP contribution in [-0.2, 0) is 0 Å². The van der Waals surface area contributed by atoms with Gasteiger partial charge in [-0.2, -0.15) is 0 Å². The van der Waals surface area contributed by atoms with Crippen LogP contribution in [0.4, 0.5) is 4.39 Å². The highest BCUT2D eigenvalue weighted by molar-refractivity contribution is 14.1. The minimum atomic E-state index is -0.302. The molecular formula is C15H13Cl2FIN. The summed E-state index contributed by atoms with van der Waals surface area (Å²) in [5, 5.41) is 4.52. The molecule has 1 atom stereocenters. The van der Waals surface area contributed by atoms with Gasteiger partial charge in [-0.1, -0.05) is 30.1 Å². The highest BCUT2D eigenvalue weighted by Gasteiger charge is 2.19. The van der Waals surface area contributed by atoms with Crippen LogP contribution in [-0.4, -0.2) is 6.54 Å². The molecule has 0 radical (unpaired) electrons. The third kappa shape index (κ3) is 3.64. The summed E-state index contributed by atoms with van der Waals surface area (Å²) in [6, 6.07) is 9.88. The van der Waals surface area contributed by atoms with Gasteiger partial charge in [-0.05, 0) is 76.7 Å². The Labute approximate surface area is 141 Å². The molecule has 2 rings (SSSR count). The summed E-state index contributed by atoms with van der Waals surface area (Å²) in [5.74, 6) is -0.302. The van der Waals surface area contributed by atoms with Crippen molar-refractivity contribution in [3.8, 4) is 0 Å². The number of rotatable bonds is 4. The predicted molar refractivity (Wildman–Crippen MR) is 91.1 cm³/mol. The van der Waals surface area contributed by atoms with Crippen LogP contribution in [0.5, 0.6) is 0 Å². The SMILES string of the molecule is CCNC(c1cc(F)ccc1Cl)c1cc(Cl)ccc1I. The second kappa shape index (κ2) is 7.07. The van der Waals surface area contributed by atoms with Crippen molar-refractivity contribution in [2.45, 2.75) is 13.0 Å². The summed E-state index contributed by atoms with van der Waals surface area (Å²) in [5.41, 5.74) is 1.71. The van der Waals surface area contributed by atoms with Gasteiger partial charge in [0.25, 0.3) is 0 Å². The van der Waals surface area contributed by atoms with Gasteiger partial charge in [-0.25, -0.2) is 4.39 Å². The summed E-state index contributed by atoms with van der Waals surface area (Å²) < 4.78 is 14.6. The van der Waals surface area contributed by atoms with Crippen LogP contribution in [0.1, 0.15) is 24.1 Å². The monoisotopic (exact) mass is 423 g/mol. The smallest absolute Gasteiger partial charge is 0.123 e. The average Bonchev–Trinajstić information content (AvgIpc) is 2.42. The quantitative estimate of drug-likeness (QED) is 0.646. The lowest BCUT2D eigenvalue weighted by atomic mass is 9.98. The van der Waals surface area contributed by atoms with Gasteiger partial charge in [0.05, 0.1) is 6.04 Å². The lowest BCUT2D eigenvalue weighted by molar-refractivity contribution is 0.602. The van der Waals surface area contributed by atoms with Crippen LogP contribution in [0.3, 0.4) is 0 Å². The maximum Gasteiger partial charge on any atom is 0.123 e. The lowest BCUT2D eigenvalue weighted by Crippen LogP contribution is -2.23. The standard InChI is InChI=1S/C15H13Cl2FIN/c1-2-20-15(11-8-10(18)4-5-13(11)17)12-7-9(16)3-6-14(12)19/h3-8,15,20H,2H2,1H3. The Morgan fingerprint density at radius 1 is 1.15 bits per heavy atom. The van der Waals surface area contributed by atoms with E-state index in [4.69, 9.17) is 23.2 Å². The summed E-state index contributed by atoms with van der Waals surface area (Å²) >= 11 is 14.6. The molecular weight excluding hydrogens is 411 g/mol. The first kappa shape index (κ1) is 16.0. The molecule has 0 aliphatic rings. The minimum absolute atomic E-state index is 0.186. The molecule has 0 aliphatic carbocycles. The average molecular weight is 424 g/mol. The topological polar surface area (TPSA) is 12.0 Å². The van der Waals surface area contributed by atoms with Crippen LogP contribution in [0.25, 0.3) is 0 Å². The van der Waals surface area contributed by atoms with Crippen molar-refractivity contribution in [1.29, 1.82) is 0 Å². The van der Waals surface area contributed by atoms with E-state index in [1.165, 1.54) is 12.1 Å². The molecule has 20 heavy (non-hydrogen) atoms. The Balaban J connectivity index is 2.55. The van der Waals surface area contributed by atoms with Crippen molar-refractivity contribution in [2.75, 3.05) is 6.54 Å². The van der Waals surface area contributed by atoms with Gasteiger partial charge in [0.1, 0.15) is 5.82 Å². The number of halogens is 4. The fourth-order valence-corrected chi connectivity index (χ4v) is 3.12. The van der Waals surface area contributed by atoms with Crippen molar-refractivity contribution in [2.24, 2.45) is 0 Å². The molecule has 0 saturated carbocycles. The van der Waals surface area contributed by atoms with E-state index in [0.29, 0.717) is 15.6 Å². The molecule has 106 valence electrons. The molecule has 2 aromatic rings. The van der Waals surface area contributed by atoms with E-state index in [9.17, 15) is 4.39 Å². The molecule has 0 aromatic heterocycles. The summed E-state index contributed by atoms with van der Waals surface area (Å²) in [7, 11) is 0. The zero-order valence-electron chi connectivity index (χ0n) is 10.8. The molecule has 1 unspecified atom stereocenters. The fourth-order valence-electron chi connectivity index (χ4n) is 2.06. The number of hydrogen-bond acceptors (Lipinski definition) is 1. The van der Waals surface area contributed by atoms with Crippen LogP contribution in [0.15, 0.2) is 36.4 Å². The minimum Gasteiger partial charge on any atom is -0.306 e. The highest BCUT2D eigenvalue weighted by Crippen LogP contribution is 2.32. The molecule has 0 amide bonds. The second-order valence-corrected chi connectivity index (χ2v) is 6.33. The van der Waals surface area contributed by atoms with Gasteiger partial charge in [0.15, 0.2) is 0 Å². The van der Waals surface area contributed by atoms with E-state index in [1.54, 1.807) is 6.07 Å². The molecule has 0 spiro atoms. The zero-order chi connectivity index (χ0) is 14.7. The summed E-state index contributed by atoms with van der Waals surface area (Å²) in [6.07, 6.45) is 0. The van der Waals surface area contributed by atoms with Gasteiger partial charge in [-0.15, -0.1) is 0 Å². The van der Waals surface area contributed by atoms with E-state index in [2.05, 4.69) is 27.9 Å². The maximum absolute atomic E-state index is 13.5. The summed E-state index contributed by atoms with van der Waals surface area (Å²) in [6.45, 7) is 2.73. The second-order valence-electron chi connectivity index (χ2n) is 4.32. The van der Waals surface area contributed by atoms with E-state index in [-0.39, 0.29) is 11.9 Å². The Morgan fingerprint density at radius 3 is 2.60 bits per heavy atom. The van der Waals surface area contributed by atoms with Gasteiger partial charge in [-0.3, -0.25) is 0 Å².